The number of H-pyrrole nitrogens is 1. The number of thiazole rings is 1. The van der Waals surface area contributed by atoms with E-state index in [1.807, 2.05) is 0 Å². The third-order valence-electron chi connectivity index (χ3n) is 3.95. The van der Waals surface area contributed by atoms with Crippen molar-refractivity contribution in [2.45, 2.75) is 18.4 Å². The van der Waals surface area contributed by atoms with Crippen LogP contribution in [0.4, 0.5) is 5.13 Å². The Hall–Kier alpha value is -1.94. The van der Waals surface area contributed by atoms with Gasteiger partial charge in [-0.05, 0) is 18.9 Å². The van der Waals surface area contributed by atoms with Crippen molar-refractivity contribution in [3.63, 3.8) is 0 Å². The van der Waals surface area contributed by atoms with E-state index in [4.69, 9.17) is 10.5 Å². The number of esters is 1. The van der Waals surface area contributed by atoms with Crippen molar-refractivity contribution in [3.05, 3.63) is 23.3 Å². The number of methoxy groups -OCH3 is 1. The lowest BCUT2D eigenvalue weighted by atomic mass is 9.90. The quantitative estimate of drug-likeness (QED) is 0.689. The van der Waals surface area contributed by atoms with Gasteiger partial charge in [-0.25, -0.2) is 9.78 Å². The number of halogens is 1. The Labute approximate surface area is 154 Å². The van der Waals surface area contributed by atoms with Crippen molar-refractivity contribution in [1.82, 2.24) is 9.97 Å². The molecule has 0 atom stereocenters. The number of hydrogen-bond donors (Lipinski definition) is 3. The fourth-order valence-electron chi connectivity index (χ4n) is 2.42. The van der Waals surface area contributed by atoms with E-state index in [0.29, 0.717) is 42.6 Å². The summed E-state index contributed by atoms with van der Waals surface area (Å²) in [6.45, 7) is 0.958. The molecule has 0 aliphatic carbocycles. The molecule has 0 radical (unpaired) electrons. The Balaban J connectivity index is 0.00000225. The molecule has 1 aliphatic heterocycles. The molecule has 25 heavy (non-hydrogen) atoms. The summed E-state index contributed by atoms with van der Waals surface area (Å²) >= 11 is 1.30. The number of carbonyl (C=O) groups is 2. The molecule has 3 rings (SSSR count). The van der Waals surface area contributed by atoms with Gasteiger partial charge in [0.25, 0.3) is 0 Å². The van der Waals surface area contributed by atoms with Gasteiger partial charge in [0.05, 0.1) is 12.8 Å². The van der Waals surface area contributed by atoms with Gasteiger partial charge in [0, 0.05) is 30.4 Å². The molecule has 136 valence electrons. The zero-order valence-corrected chi connectivity index (χ0v) is 15.2. The Bertz CT molecular complexity index is 754. The highest BCUT2D eigenvalue weighted by molar-refractivity contribution is 7.14. The number of hydrogen-bond acceptors (Lipinski definition) is 7. The third-order valence-corrected chi connectivity index (χ3v) is 4.70. The van der Waals surface area contributed by atoms with Gasteiger partial charge in [-0.3, -0.25) is 4.79 Å². The number of rotatable bonds is 4. The molecule has 3 heterocycles. The molecular formula is C15H19ClN4O4S. The van der Waals surface area contributed by atoms with Crippen molar-refractivity contribution in [2.75, 3.05) is 25.6 Å². The Kier molecular flexibility index (Phi) is 6.17. The summed E-state index contributed by atoms with van der Waals surface area (Å²) in [5.41, 5.74) is 6.96. The van der Waals surface area contributed by atoms with Gasteiger partial charge in [-0.2, -0.15) is 0 Å². The van der Waals surface area contributed by atoms with Crippen LogP contribution in [0.2, 0.25) is 0 Å². The van der Waals surface area contributed by atoms with Gasteiger partial charge < -0.3 is 25.5 Å². The summed E-state index contributed by atoms with van der Waals surface area (Å²) in [6, 6.07) is 1.65. The van der Waals surface area contributed by atoms with Gasteiger partial charge in [-0.15, -0.1) is 23.7 Å². The number of aromatic nitrogens is 2. The number of carbonyl (C=O) groups excluding carboxylic acids is 2. The first-order chi connectivity index (χ1) is 11.5. The van der Waals surface area contributed by atoms with Crippen molar-refractivity contribution in [2.24, 2.45) is 5.73 Å². The number of aromatic amines is 1. The fourth-order valence-corrected chi connectivity index (χ4v) is 3.13. The standard InChI is InChI=1S/C15H18N4O4S.ClH/c1-22-12(20)10-6-9(7-17-10)11-8-24-14(18-11)19-13(21)15(16)2-4-23-5-3-15;/h6-8,17H,2-5,16H2,1H3,(H,18,19,21);1H. The number of amides is 1. The van der Waals surface area contributed by atoms with Crippen LogP contribution in [0.1, 0.15) is 23.3 Å². The van der Waals surface area contributed by atoms with Crippen LogP contribution in [0.3, 0.4) is 0 Å². The normalized spacial score (nSPS) is 15.9. The smallest absolute Gasteiger partial charge is 0.354 e. The minimum Gasteiger partial charge on any atom is -0.464 e. The first-order valence-electron chi connectivity index (χ1n) is 7.42. The molecule has 1 saturated heterocycles. The average molecular weight is 387 g/mol. The fraction of sp³-hybridized carbons (Fsp3) is 0.400. The largest absolute Gasteiger partial charge is 0.464 e. The van der Waals surface area contributed by atoms with Crippen LogP contribution in [0.15, 0.2) is 17.6 Å². The SMILES string of the molecule is COC(=O)c1cc(-c2csc(NC(=O)C3(N)CCOCC3)n2)c[nH]1.Cl. The molecule has 0 bridgehead atoms. The van der Waals surface area contributed by atoms with Crippen molar-refractivity contribution in [3.8, 4) is 11.3 Å². The Morgan fingerprint density at radius 2 is 2.16 bits per heavy atom. The van der Waals surface area contributed by atoms with Crippen LogP contribution < -0.4 is 11.1 Å². The summed E-state index contributed by atoms with van der Waals surface area (Å²) in [6.07, 6.45) is 2.63. The predicted molar refractivity (Wildman–Crippen MR) is 96.1 cm³/mol. The minimum atomic E-state index is -0.920. The minimum absolute atomic E-state index is 0. The lowest BCUT2D eigenvalue weighted by Gasteiger charge is -2.31. The van der Waals surface area contributed by atoms with Crippen LogP contribution in [0.25, 0.3) is 11.3 Å². The molecule has 1 aliphatic rings. The molecule has 10 heteroatoms. The molecule has 2 aromatic rings. The maximum atomic E-state index is 12.4. The van der Waals surface area contributed by atoms with Crippen LogP contribution in [0, 0.1) is 0 Å². The first kappa shape index (κ1) is 19.4. The van der Waals surface area contributed by atoms with Crippen molar-refractivity contribution < 1.29 is 19.1 Å². The maximum Gasteiger partial charge on any atom is 0.354 e. The van der Waals surface area contributed by atoms with Crippen molar-refractivity contribution in [1.29, 1.82) is 0 Å². The zero-order chi connectivity index (χ0) is 17.2. The summed E-state index contributed by atoms with van der Waals surface area (Å²) in [5.74, 6) is -0.703. The summed E-state index contributed by atoms with van der Waals surface area (Å²) < 4.78 is 9.90. The maximum absolute atomic E-state index is 12.4. The predicted octanol–water partition coefficient (Wildman–Crippen LogP) is 1.79. The van der Waals surface area contributed by atoms with Crippen LogP contribution in [-0.2, 0) is 14.3 Å². The molecule has 1 fully saturated rings. The highest BCUT2D eigenvalue weighted by atomic mass is 35.5. The van der Waals surface area contributed by atoms with Crippen molar-refractivity contribution >= 4 is 40.8 Å². The monoisotopic (exact) mass is 386 g/mol. The highest BCUT2D eigenvalue weighted by Gasteiger charge is 2.36. The number of nitrogens with zero attached hydrogens (tertiary/aromatic N) is 1. The number of nitrogens with one attached hydrogen (secondary N) is 2. The molecule has 8 nitrogen and oxygen atoms in total. The molecule has 0 spiro atoms. The van der Waals surface area contributed by atoms with Crippen LogP contribution >= 0.6 is 23.7 Å². The Morgan fingerprint density at radius 3 is 2.84 bits per heavy atom. The lowest BCUT2D eigenvalue weighted by molar-refractivity contribution is -0.124. The second kappa shape index (κ2) is 7.96. The average Bonchev–Trinajstić information content (AvgIpc) is 3.24. The van der Waals surface area contributed by atoms with E-state index in [9.17, 15) is 9.59 Å². The number of ether oxygens (including phenoxy) is 2. The van der Waals surface area contributed by atoms with Gasteiger partial charge in [0.1, 0.15) is 11.2 Å². The van der Waals surface area contributed by atoms with Gasteiger partial charge in [0.15, 0.2) is 5.13 Å². The van der Waals surface area contributed by atoms with E-state index in [0.717, 1.165) is 5.56 Å². The molecule has 1 amide bonds. The highest BCUT2D eigenvalue weighted by Crippen LogP contribution is 2.27. The molecule has 0 saturated carbocycles. The van der Waals surface area contributed by atoms with E-state index in [1.165, 1.54) is 18.4 Å². The van der Waals surface area contributed by atoms with Gasteiger partial charge in [-0.1, -0.05) is 0 Å². The van der Waals surface area contributed by atoms with E-state index in [2.05, 4.69) is 20.0 Å². The van der Waals surface area contributed by atoms with E-state index in [1.54, 1.807) is 17.6 Å². The second-order valence-electron chi connectivity index (χ2n) is 5.55. The third kappa shape index (κ3) is 4.18. The topological polar surface area (TPSA) is 119 Å². The van der Waals surface area contributed by atoms with Gasteiger partial charge >= 0.3 is 5.97 Å². The van der Waals surface area contributed by atoms with E-state index in [-0.39, 0.29) is 18.3 Å². The van der Waals surface area contributed by atoms with Crippen LogP contribution in [0.5, 0.6) is 0 Å². The zero-order valence-electron chi connectivity index (χ0n) is 13.5. The lowest BCUT2D eigenvalue weighted by Crippen LogP contribution is -2.54. The van der Waals surface area contributed by atoms with E-state index >= 15 is 0 Å². The molecular weight excluding hydrogens is 368 g/mol. The Morgan fingerprint density at radius 1 is 1.44 bits per heavy atom. The van der Waals surface area contributed by atoms with Gasteiger partial charge in [0.2, 0.25) is 5.91 Å². The molecule has 2 aromatic heterocycles. The molecule has 4 N–H and O–H groups in total. The number of nitrogens with two attached hydrogens (primary N) is 1. The second-order valence-corrected chi connectivity index (χ2v) is 6.41. The van der Waals surface area contributed by atoms with Crippen LogP contribution in [-0.4, -0.2) is 47.7 Å². The summed E-state index contributed by atoms with van der Waals surface area (Å²) in [4.78, 5) is 31.0. The summed E-state index contributed by atoms with van der Waals surface area (Å²) in [5, 5.41) is 5.03. The molecule has 0 aromatic carbocycles. The molecule has 0 unspecified atom stereocenters. The first-order valence-corrected chi connectivity index (χ1v) is 8.30. The van der Waals surface area contributed by atoms with E-state index < -0.39 is 11.5 Å². The number of anilines is 1. The summed E-state index contributed by atoms with van der Waals surface area (Å²) in [7, 11) is 1.32.